The van der Waals surface area contributed by atoms with Crippen molar-refractivity contribution in [1.82, 2.24) is 15.5 Å². The Kier molecular flexibility index (Phi) is 9.25. The van der Waals surface area contributed by atoms with Crippen molar-refractivity contribution in [3.63, 3.8) is 0 Å². The molecule has 0 bridgehead atoms. The van der Waals surface area contributed by atoms with Gasteiger partial charge in [-0.15, -0.1) is 35.3 Å². The smallest absolute Gasteiger partial charge is 0.191 e. The molecule has 1 aromatic rings. The standard InChI is InChI=1S/C16H28N4S2.HI/c1-16(2,21-4)12-19-15(17-3)18-7-9-20-8-5-14-13(11-20)6-10-22-14;/h6,10H,5,7-9,11-12H2,1-4H3,(H2,17,18,19);1H. The first-order valence-corrected chi connectivity index (χ1v) is 9.92. The first-order chi connectivity index (χ1) is 10.5. The summed E-state index contributed by atoms with van der Waals surface area (Å²) in [5.41, 5.74) is 1.51. The summed E-state index contributed by atoms with van der Waals surface area (Å²) in [6, 6.07) is 2.27. The number of aliphatic imine (C=N–C) groups is 1. The van der Waals surface area contributed by atoms with Crippen LogP contribution in [0.1, 0.15) is 24.3 Å². The number of thioether (sulfide) groups is 1. The third-order valence-corrected chi connectivity index (χ3v) is 6.34. The SMILES string of the molecule is CN=C(NCCN1CCc2sccc2C1)NCC(C)(C)SC.I. The average molecular weight is 468 g/mol. The number of guanidine groups is 1. The zero-order valence-corrected chi connectivity index (χ0v) is 18.5. The number of nitrogens with zero attached hydrogens (tertiary/aromatic N) is 2. The molecule has 1 aliphatic heterocycles. The Morgan fingerprint density at radius 2 is 2.22 bits per heavy atom. The Labute approximate surface area is 165 Å². The Hall–Kier alpha value is 0.01000. The fraction of sp³-hybridized carbons (Fsp3) is 0.688. The van der Waals surface area contributed by atoms with Crippen LogP contribution in [-0.2, 0) is 13.0 Å². The van der Waals surface area contributed by atoms with Gasteiger partial charge in [-0.1, -0.05) is 0 Å². The van der Waals surface area contributed by atoms with Crippen LogP contribution in [0.15, 0.2) is 16.4 Å². The van der Waals surface area contributed by atoms with Crippen LogP contribution in [0.25, 0.3) is 0 Å². The van der Waals surface area contributed by atoms with E-state index in [0.717, 1.165) is 32.1 Å². The molecule has 1 aromatic heterocycles. The molecule has 0 unspecified atom stereocenters. The van der Waals surface area contributed by atoms with Crippen LogP contribution < -0.4 is 10.6 Å². The van der Waals surface area contributed by atoms with Crippen LogP contribution in [0.5, 0.6) is 0 Å². The van der Waals surface area contributed by atoms with Crippen LogP contribution in [0.4, 0.5) is 0 Å². The van der Waals surface area contributed by atoms with Gasteiger partial charge < -0.3 is 10.6 Å². The summed E-state index contributed by atoms with van der Waals surface area (Å²) in [4.78, 5) is 8.39. The second-order valence-corrected chi connectivity index (χ2v) is 8.73. The highest BCUT2D eigenvalue weighted by atomic mass is 127. The normalized spacial score (nSPS) is 15.7. The number of hydrogen-bond acceptors (Lipinski definition) is 4. The summed E-state index contributed by atoms with van der Waals surface area (Å²) in [6.07, 6.45) is 3.34. The molecule has 1 aliphatic rings. The van der Waals surface area contributed by atoms with Crippen LogP contribution in [0, 0.1) is 0 Å². The van der Waals surface area contributed by atoms with Crippen molar-refractivity contribution in [3.05, 3.63) is 21.9 Å². The van der Waals surface area contributed by atoms with Gasteiger partial charge in [-0.2, -0.15) is 11.8 Å². The Bertz CT molecular complexity index is 502. The lowest BCUT2D eigenvalue weighted by atomic mass is 10.1. The molecule has 0 amide bonds. The summed E-state index contributed by atoms with van der Waals surface area (Å²) in [7, 11) is 1.83. The maximum atomic E-state index is 4.30. The van der Waals surface area contributed by atoms with Gasteiger partial charge in [0.15, 0.2) is 5.96 Å². The van der Waals surface area contributed by atoms with Crippen LogP contribution in [-0.4, -0.2) is 55.1 Å². The van der Waals surface area contributed by atoms with Crippen molar-refractivity contribution < 1.29 is 0 Å². The number of thiophene rings is 1. The van der Waals surface area contributed by atoms with Gasteiger partial charge in [0.05, 0.1) is 0 Å². The number of fused-ring (bicyclic) bond motifs is 1. The van der Waals surface area contributed by atoms with E-state index in [2.05, 4.69) is 52.1 Å². The highest BCUT2D eigenvalue weighted by Crippen LogP contribution is 2.23. The predicted molar refractivity (Wildman–Crippen MR) is 116 cm³/mol. The number of hydrogen-bond donors (Lipinski definition) is 2. The van der Waals surface area contributed by atoms with Crippen molar-refractivity contribution in [1.29, 1.82) is 0 Å². The molecular formula is C16H29IN4S2. The molecule has 23 heavy (non-hydrogen) atoms. The number of rotatable bonds is 6. The minimum absolute atomic E-state index is 0. The van der Waals surface area contributed by atoms with Gasteiger partial charge in [0, 0.05) is 49.4 Å². The van der Waals surface area contributed by atoms with Crippen molar-refractivity contribution >= 4 is 53.0 Å². The zero-order valence-electron chi connectivity index (χ0n) is 14.5. The minimum atomic E-state index is 0. The molecule has 0 radical (unpaired) electrons. The van der Waals surface area contributed by atoms with Gasteiger partial charge in [-0.25, -0.2) is 0 Å². The summed E-state index contributed by atoms with van der Waals surface area (Å²) >= 11 is 3.77. The third-order valence-electron chi connectivity index (χ3n) is 4.06. The van der Waals surface area contributed by atoms with Crippen LogP contribution >= 0.6 is 47.1 Å². The van der Waals surface area contributed by atoms with E-state index in [1.807, 2.05) is 30.1 Å². The molecule has 2 rings (SSSR count). The fourth-order valence-electron chi connectivity index (χ4n) is 2.42. The molecule has 4 nitrogen and oxygen atoms in total. The Balaban J connectivity index is 0.00000264. The summed E-state index contributed by atoms with van der Waals surface area (Å²) in [6.45, 7) is 9.64. The quantitative estimate of drug-likeness (QED) is 0.383. The third kappa shape index (κ3) is 6.80. The molecule has 0 fully saturated rings. The van der Waals surface area contributed by atoms with Crippen molar-refractivity contribution in [2.75, 3.05) is 39.5 Å². The molecule has 0 spiro atoms. The molecule has 0 aliphatic carbocycles. The summed E-state index contributed by atoms with van der Waals surface area (Å²) < 4.78 is 0.222. The molecule has 0 saturated heterocycles. The second-order valence-electron chi connectivity index (χ2n) is 6.21. The van der Waals surface area contributed by atoms with E-state index in [-0.39, 0.29) is 28.7 Å². The highest BCUT2D eigenvalue weighted by molar-refractivity contribution is 14.0. The summed E-state index contributed by atoms with van der Waals surface area (Å²) in [5, 5.41) is 9.05. The number of nitrogens with one attached hydrogen (secondary N) is 2. The summed E-state index contributed by atoms with van der Waals surface area (Å²) in [5.74, 6) is 0.898. The lowest BCUT2D eigenvalue weighted by Crippen LogP contribution is -2.45. The van der Waals surface area contributed by atoms with E-state index < -0.39 is 0 Å². The van der Waals surface area contributed by atoms with Crippen molar-refractivity contribution in [2.45, 2.75) is 31.6 Å². The van der Waals surface area contributed by atoms with Crippen molar-refractivity contribution in [2.24, 2.45) is 4.99 Å². The van der Waals surface area contributed by atoms with Crippen LogP contribution in [0.3, 0.4) is 0 Å². The molecule has 2 N–H and O–H groups in total. The lowest BCUT2D eigenvalue weighted by Gasteiger charge is -2.27. The van der Waals surface area contributed by atoms with Gasteiger partial charge in [-0.3, -0.25) is 9.89 Å². The number of halogens is 1. The van der Waals surface area contributed by atoms with Gasteiger partial charge in [0.2, 0.25) is 0 Å². The van der Waals surface area contributed by atoms with E-state index in [1.54, 1.807) is 4.88 Å². The lowest BCUT2D eigenvalue weighted by molar-refractivity contribution is 0.260. The predicted octanol–water partition coefficient (Wildman–Crippen LogP) is 3.03. The van der Waals surface area contributed by atoms with Gasteiger partial charge >= 0.3 is 0 Å². The largest absolute Gasteiger partial charge is 0.355 e. The first kappa shape index (κ1) is 21.1. The molecule has 0 saturated carbocycles. The molecule has 2 heterocycles. The van der Waals surface area contributed by atoms with E-state index in [0.29, 0.717) is 0 Å². The maximum Gasteiger partial charge on any atom is 0.191 e. The fourth-order valence-corrected chi connectivity index (χ4v) is 3.53. The topological polar surface area (TPSA) is 39.7 Å². The van der Waals surface area contributed by atoms with E-state index in [9.17, 15) is 0 Å². The molecular weight excluding hydrogens is 439 g/mol. The monoisotopic (exact) mass is 468 g/mol. The van der Waals surface area contributed by atoms with Gasteiger partial charge in [0.25, 0.3) is 0 Å². The van der Waals surface area contributed by atoms with Gasteiger partial charge in [0.1, 0.15) is 0 Å². The van der Waals surface area contributed by atoms with E-state index in [1.165, 1.54) is 18.5 Å². The average Bonchev–Trinajstić information content (AvgIpc) is 2.98. The molecule has 132 valence electrons. The maximum absolute atomic E-state index is 4.30. The Morgan fingerprint density at radius 3 is 2.91 bits per heavy atom. The molecule has 0 atom stereocenters. The zero-order chi connectivity index (χ0) is 16.0. The minimum Gasteiger partial charge on any atom is -0.355 e. The van der Waals surface area contributed by atoms with E-state index >= 15 is 0 Å². The molecule has 7 heteroatoms. The van der Waals surface area contributed by atoms with Gasteiger partial charge in [-0.05, 0) is 43.5 Å². The van der Waals surface area contributed by atoms with Crippen molar-refractivity contribution in [3.8, 4) is 0 Å². The van der Waals surface area contributed by atoms with Crippen LogP contribution in [0.2, 0.25) is 0 Å². The highest BCUT2D eigenvalue weighted by Gasteiger charge is 2.18. The molecule has 0 aromatic carbocycles. The first-order valence-electron chi connectivity index (χ1n) is 7.81. The van der Waals surface area contributed by atoms with E-state index in [4.69, 9.17) is 0 Å². The second kappa shape index (κ2) is 10.1. The Morgan fingerprint density at radius 1 is 1.43 bits per heavy atom.